The average Bonchev–Trinajstić information content (AvgIpc) is 3.26. The molecule has 0 aliphatic rings. The van der Waals surface area contributed by atoms with Gasteiger partial charge >= 0.3 is 0 Å². The van der Waals surface area contributed by atoms with Gasteiger partial charge in [0.05, 0.1) is 49.3 Å². The summed E-state index contributed by atoms with van der Waals surface area (Å²) in [7, 11) is 1.64. The van der Waals surface area contributed by atoms with Gasteiger partial charge in [-0.2, -0.15) is 5.10 Å². The number of nitrogen functional groups attached to an aromatic ring is 1. The number of fused-ring (bicyclic) bond motifs is 1. The molecule has 0 aliphatic heterocycles. The molecule has 0 spiro atoms. The standard InChI is InChI=1S/C22H25F2N7O2.C5H8/c1-13(7-28-30(3)10-16(33)12-32)15-6-17(21(25)27-8-15)22-29-19-9-26-5-4-20(19)31(22)11-18(24)14(2)23;1-3-5-4-2/h4-9,16,32-33H,1,10-12H2,2-3H3,(H2,25,27);3-5H,1H2,2H3/b18-14-,28-7-;5-4-. The molecule has 0 amide bonds. The maximum atomic E-state index is 14.2. The zero-order chi connectivity index (χ0) is 28.2. The lowest BCUT2D eigenvalue weighted by Crippen LogP contribution is -2.28. The van der Waals surface area contributed by atoms with Crippen molar-refractivity contribution in [3.8, 4) is 11.4 Å². The van der Waals surface area contributed by atoms with Crippen LogP contribution in [0.5, 0.6) is 0 Å². The molecule has 0 radical (unpaired) electrons. The van der Waals surface area contributed by atoms with Gasteiger partial charge in [-0.05, 0) is 31.6 Å². The van der Waals surface area contributed by atoms with Gasteiger partial charge in [0.25, 0.3) is 0 Å². The monoisotopic (exact) mass is 525 g/mol. The number of allylic oxidation sites excluding steroid dienone is 6. The van der Waals surface area contributed by atoms with E-state index in [1.165, 1.54) is 34.4 Å². The number of hydrogen-bond donors (Lipinski definition) is 3. The molecule has 0 aromatic carbocycles. The molecule has 0 saturated heterocycles. The van der Waals surface area contributed by atoms with Crippen LogP contribution in [0.1, 0.15) is 19.4 Å². The fraction of sp³-hybridized carbons (Fsp3) is 0.259. The molecule has 4 N–H and O–H groups in total. The zero-order valence-corrected chi connectivity index (χ0v) is 21.7. The number of pyridine rings is 2. The molecule has 3 heterocycles. The van der Waals surface area contributed by atoms with Crippen LogP contribution in [0.15, 0.2) is 78.9 Å². The number of aliphatic hydroxyl groups is 2. The van der Waals surface area contributed by atoms with E-state index in [2.05, 4.69) is 33.2 Å². The molecule has 0 fully saturated rings. The van der Waals surface area contributed by atoms with Crippen LogP contribution < -0.4 is 5.73 Å². The Morgan fingerprint density at radius 2 is 2.08 bits per heavy atom. The molecule has 3 rings (SSSR count). The largest absolute Gasteiger partial charge is 0.394 e. The normalized spacial score (nSPS) is 12.8. The summed E-state index contributed by atoms with van der Waals surface area (Å²) >= 11 is 0. The number of hydrogen-bond acceptors (Lipinski definition) is 8. The number of imidazole rings is 1. The maximum absolute atomic E-state index is 14.2. The fourth-order valence-corrected chi connectivity index (χ4v) is 3.21. The van der Waals surface area contributed by atoms with Crippen LogP contribution in [-0.2, 0) is 6.54 Å². The second-order valence-electron chi connectivity index (χ2n) is 8.19. The number of hydrazone groups is 1. The highest BCUT2D eigenvalue weighted by molar-refractivity contribution is 6.09. The quantitative estimate of drug-likeness (QED) is 0.205. The van der Waals surface area contributed by atoms with Crippen LogP contribution in [-0.4, -0.2) is 67.3 Å². The third-order valence-electron chi connectivity index (χ3n) is 5.18. The van der Waals surface area contributed by atoms with Crippen molar-refractivity contribution < 1.29 is 19.0 Å². The summed E-state index contributed by atoms with van der Waals surface area (Å²) in [6.07, 6.45) is 10.7. The predicted molar refractivity (Wildman–Crippen MR) is 148 cm³/mol. The Bertz CT molecular complexity index is 1340. The minimum absolute atomic E-state index is 0.136. The highest BCUT2D eigenvalue weighted by Crippen LogP contribution is 2.31. The van der Waals surface area contributed by atoms with E-state index in [1.54, 1.807) is 25.3 Å². The van der Waals surface area contributed by atoms with E-state index in [4.69, 9.17) is 10.8 Å². The zero-order valence-electron chi connectivity index (χ0n) is 21.7. The molecule has 3 aromatic rings. The summed E-state index contributed by atoms with van der Waals surface area (Å²) in [6.45, 7) is 9.83. The predicted octanol–water partition coefficient (Wildman–Crippen LogP) is 4.28. The summed E-state index contributed by atoms with van der Waals surface area (Å²) in [6, 6.07) is 3.34. The minimum Gasteiger partial charge on any atom is -0.394 e. The lowest BCUT2D eigenvalue weighted by molar-refractivity contribution is 0.0677. The van der Waals surface area contributed by atoms with Crippen molar-refractivity contribution in [1.82, 2.24) is 24.5 Å². The van der Waals surface area contributed by atoms with Gasteiger partial charge in [-0.25, -0.2) is 18.7 Å². The van der Waals surface area contributed by atoms with Crippen molar-refractivity contribution in [3.63, 3.8) is 0 Å². The third-order valence-corrected chi connectivity index (χ3v) is 5.18. The first kappa shape index (κ1) is 30.0. The number of aromatic nitrogens is 4. The van der Waals surface area contributed by atoms with Crippen LogP contribution in [0, 0.1) is 0 Å². The summed E-state index contributed by atoms with van der Waals surface area (Å²) < 4.78 is 29.2. The van der Waals surface area contributed by atoms with E-state index >= 15 is 0 Å². The molecule has 11 heteroatoms. The topological polar surface area (TPSA) is 126 Å². The molecule has 3 aromatic heterocycles. The van der Waals surface area contributed by atoms with Gasteiger partial charge in [-0.15, -0.1) is 0 Å². The lowest BCUT2D eigenvalue weighted by atomic mass is 10.1. The molecule has 0 saturated carbocycles. The van der Waals surface area contributed by atoms with Gasteiger partial charge in [-0.3, -0.25) is 9.99 Å². The lowest BCUT2D eigenvalue weighted by Gasteiger charge is -2.16. The molecule has 38 heavy (non-hydrogen) atoms. The first-order valence-corrected chi connectivity index (χ1v) is 11.7. The number of nitrogens with two attached hydrogens (primary N) is 1. The second kappa shape index (κ2) is 14.5. The molecule has 0 aliphatic carbocycles. The Labute approximate surface area is 220 Å². The number of aliphatic hydroxyl groups excluding tert-OH is 2. The van der Waals surface area contributed by atoms with Gasteiger partial charge in [0.2, 0.25) is 0 Å². The SMILES string of the molecule is C=C(/C=N\N(C)CC(O)CO)c1cnc(N)c(-c2nc3cnccc3n2C/C(F)=C(\C)F)c1.C=C/C=C\C. The van der Waals surface area contributed by atoms with E-state index in [1.807, 2.05) is 19.1 Å². The summed E-state index contributed by atoms with van der Waals surface area (Å²) in [5, 5.41) is 24.1. The second-order valence-corrected chi connectivity index (χ2v) is 8.19. The smallest absolute Gasteiger partial charge is 0.151 e. The third kappa shape index (κ3) is 8.15. The average molecular weight is 526 g/mol. The highest BCUT2D eigenvalue weighted by Gasteiger charge is 2.18. The van der Waals surface area contributed by atoms with Crippen LogP contribution in [0.3, 0.4) is 0 Å². The Morgan fingerprint density at radius 3 is 2.68 bits per heavy atom. The van der Waals surface area contributed by atoms with E-state index in [9.17, 15) is 13.9 Å². The van der Waals surface area contributed by atoms with Gasteiger partial charge in [0, 0.05) is 25.0 Å². The summed E-state index contributed by atoms with van der Waals surface area (Å²) in [5.41, 5.74) is 8.64. The van der Waals surface area contributed by atoms with Crippen LogP contribution >= 0.6 is 0 Å². The van der Waals surface area contributed by atoms with Crippen LogP contribution in [0.25, 0.3) is 28.0 Å². The van der Waals surface area contributed by atoms with Gasteiger partial charge in [0.15, 0.2) is 5.83 Å². The van der Waals surface area contributed by atoms with E-state index < -0.39 is 17.8 Å². The van der Waals surface area contributed by atoms with E-state index in [0.29, 0.717) is 33.6 Å². The van der Waals surface area contributed by atoms with Crippen molar-refractivity contribution in [2.45, 2.75) is 26.5 Å². The molecule has 1 atom stereocenters. The van der Waals surface area contributed by atoms with E-state index in [-0.39, 0.29) is 25.5 Å². The molecule has 1 unspecified atom stereocenters. The Morgan fingerprint density at radius 1 is 1.34 bits per heavy atom. The van der Waals surface area contributed by atoms with Crippen molar-refractivity contribution in [2.75, 3.05) is 25.9 Å². The fourth-order valence-electron chi connectivity index (χ4n) is 3.21. The Balaban J connectivity index is 0.000000926. The molecule has 9 nitrogen and oxygen atoms in total. The summed E-state index contributed by atoms with van der Waals surface area (Å²) in [5.74, 6) is -1.40. The minimum atomic E-state index is -0.931. The molecular formula is C27H33F2N7O2. The van der Waals surface area contributed by atoms with Crippen molar-refractivity contribution >= 4 is 28.6 Å². The Hall–Kier alpha value is -4.22. The number of halogens is 2. The molecule has 0 bridgehead atoms. The van der Waals surface area contributed by atoms with Crippen molar-refractivity contribution in [1.29, 1.82) is 0 Å². The van der Waals surface area contributed by atoms with E-state index in [0.717, 1.165) is 6.92 Å². The summed E-state index contributed by atoms with van der Waals surface area (Å²) in [4.78, 5) is 12.8. The first-order valence-electron chi connectivity index (χ1n) is 11.7. The maximum Gasteiger partial charge on any atom is 0.151 e. The van der Waals surface area contributed by atoms with Gasteiger partial charge < -0.3 is 20.5 Å². The number of likely N-dealkylation sites (N-methyl/N-ethyl adjacent to an activating group) is 1. The first-order chi connectivity index (χ1) is 18.1. The van der Waals surface area contributed by atoms with Crippen molar-refractivity contribution in [3.05, 3.63) is 79.3 Å². The molecule has 202 valence electrons. The number of nitrogens with zero attached hydrogens (tertiary/aromatic N) is 6. The van der Waals surface area contributed by atoms with Crippen LogP contribution in [0.4, 0.5) is 14.6 Å². The highest BCUT2D eigenvalue weighted by atomic mass is 19.2. The number of rotatable bonds is 10. The number of anilines is 1. The molecular weight excluding hydrogens is 492 g/mol. The van der Waals surface area contributed by atoms with Crippen LogP contribution in [0.2, 0.25) is 0 Å². The Kier molecular flexibility index (Phi) is 11.5. The van der Waals surface area contributed by atoms with Gasteiger partial charge in [0.1, 0.15) is 23.0 Å². The van der Waals surface area contributed by atoms with Crippen molar-refractivity contribution in [2.24, 2.45) is 5.10 Å². The van der Waals surface area contributed by atoms with Gasteiger partial charge in [-0.1, -0.05) is 31.4 Å².